The molecule has 0 aliphatic rings. The fraction of sp³-hybridized carbons (Fsp3) is 0.154. The van der Waals surface area contributed by atoms with E-state index in [1.807, 2.05) is 13.0 Å². The van der Waals surface area contributed by atoms with Crippen LogP contribution < -0.4 is 11.1 Å². The van der Waals surface area contributed by atoms with Gasteiger partial charge in [-0.25, -0.2) is 0 Å². The highest BCUT2D eigenvalue weighted by molar-refractivity contribution is 6.04. The summed E-state index contributed by atoms with van der Waals surface area (Å²) in [6.45, 7) is 3.69. The van der Waals surface area contributed by atoms with Gasteiger partial charge in [0.15, 0.2) is 0 Å². The van der Waals surface area contributed by atoms with Crippen molar-refractivity contribution < 1.29 is 9.21 Å². The number of nitrogens with two attached hydrogens (primary N) is 1. The second-order valence-electron chi connectivity index (χ2n) is 3.97. The molecule has 4 heteroatoms. The van der Waals surface area contributed by atoms with Crippen LogP contribution in [-0.2, 0) is 0 Å². The zero-order valence-corrected chi connectivity index (χ0v) is 9.78. The number of aryl methyl sites for hydroxylation is 2. The van der Waals surface area contributed by atoms with Gasteiger partial charge < -0.3 is 15.5 Å². The van der Waals surface area contributed by atoms with Crippen LogP contribution in [0, 0.1) is 13.8 Å². The summed E-state index contributed by atoms with van der Waals surface area (Å²) in [4.78, 5) is 11.9. The molecule has 0 spiro atoms. The Hall–Kier alpha value is -2.23. The van der Waals surface area contributed by atoms with Crippen molar-refractivity contribution in [1.29, 1.82) is 0 Å². The zero-order chi connectivity index (χ0) is 12.4. The predicted molar refractivity (Wildman–Crippen MR) is 67.0 cm³/mol. The monoisotopic (exact) mass is 230 g/mol. The lowest BCUT2D eigenvalue weighted by Crippen LogP contribution is -2.11. The van der Waals surface area contributed by atoms with Gasteiger partial charge in [-0.05, 0) is 43.7 Å². The van der Waals surface area contributed by atoms with Crippen LogP contribution in [0.15, 0.2) is 34.9 Å². The number of rotatable bonds is 2. The quantitative estimate of drug-likeness (QED) is 0.779. The number of anilines is 2. The molecule has 1 amide bonds. The van der Waals surface area contributed by atoms with Crippen LogP contribution in [0.3, 0.4) is 0 Å². The summed E-state index contributed by atoms with van der Waals surface area (Å²) in [5.41, 5.74) is 8.52. The third kappa shape index (κ3) is 2.47. The minimum atomic E-state index is -0.185. The second-order valence-corrected chi connectivity index (χ2v) is 3.97. The van der Waals surface area contributed by atoms with Crippen LogP contribution in [0.25, 0.3) is 0 Å². The average Bonchev–Trinajstić information content (AvgIpc) is 2.69. The summed E-state index contributed by atoms with van der Waals surface area (Å²) in [6.07, 6.45) is 1.44. The van der Waals surface area contributed by atoms with Crippen molar-refractivity contribution in [2.45, 2.75) is 13.8 Å². The lowest BCUT2D eigenvalue weighted by atomic mass is 10.1. The Morgan fingerprint density at radius 1 is 1.29 bits per heavy atom. The van der Waals surface area contributed by atoms with Crippen molar-refractivity contribution in [1.82, 2.24) is 0 Å². The fourth-order valence-corrected chi connectivity index (χ4v) is 1.58. The normalized spacial score (nSPS) is 10.2. The maximum Gasteiger partial charge on any atom is 0.258 e. The topological polar surface area (TPSA) is 68.3 Å². The first kappa shape index (κ1) is 11.3. The van der Waals surface area contributed by atoms with Crippen LogP contribution in [0.5, 0.6) is 0 Å². The predicted octanol–water partition coefficient (Wildman–Crippen LogP) is 2.73. The van der Waals surface area contributed by atoms with Crippen molar-refractivity contribution >= 4 is 17.3 Å². The molecule has 2 rings (SSSR count). The third-order valence-electron chi connectivity index (χ3n) is 2.49. The molecule has 0 atom stereocenters. The number of carbonyl (C=O) groups is 1. The fourth-order valence-electron chi connectivity index (χ4n) is 1.58. The molecule has 0 aliphatic carbocycles. The van der Waals surface area contributed by atoms with E-state index in [-0.39, 0.29) is 5.91 Å². The van der Waals surface area contributed by atoms with E-state index in [1.54, 1.807) is 25.1 Å². The van der Waals surface area contributed by atoms with Crippen LogP contribution >= 0.6 is 0 Å². The number of hydrogen-bond donors (Lipinski definition) is 2. The Labute approximate surface area is 99.4 Å². The summed E-state index contributed by atoms with van der Waals surface area (Å²) >= 11 is 0. The van der Waals surface area contributed by atoms with E-state index in [9.17, 15) is 4.79 Å². The van der Waals surface area contributed by atoms with E-state index in [0.717, 1.165) is 11.3 Å². The van der Waals surface area contributed by atoms with Crippen LogP contribution in [0.4, 0.5) is 11.4 Å². The zero-order valence-electron chi connectivity index (χ0n) is 9.78. The molecule has 0 saturated carbocycles. The largest absolute Gasteiger partial charge is 0.469 e. The van der Waals surface area contributed by atoms with Gasteiger partial charge in [0.1, 0.15) is 12.0 Å². The maximum absolute atomic E-state index is 11.9. The number of benzene rings is 1. The molecule has 3 N–H and O–H groups in total. The first-order valence-electron chi connectivity index (χ1n) is 5.29. The molecule has 17 heavy (non-hydrogen) atoms. The van der Waals surface area contributed by atoms with E-state index in [2.05, 4.69) is 5.32 Å². The number of nitrogens with one attached hydrogen (secondary N) is 1. The number of nitrogen functional groups attached to an aromatic ring is 1. The van der Waals surface area contributed by atoms with Gasteiger partial charge in [-0.3, -0.25) is 4.79 Å². The number of amides is 1. The summed E-state index contributed by atoms with van der Waals surface area (Å²) in [7, 11) is 0. The number of furan rings is 1. The van der Waals surface area contributed by atoms with E-state index in [1.165, 1.54) is 6.26 Å². The van der Waals surface area contributed by atoms with Crippen molar-refractivity contribution in [3.63, 3.8) is 0 Å². The highest BCUT2D eigenvalue weighted by Gasteiger charge is 2.10. The van der Waals surface area contributed by atoms with E-state index in [4.69, 9.17) is 10.2 Å². The second kappa shape index (κ2) is 4.33. The van der Waals surface area contributed by atoms with Crippen molar-refractivity contribution in [2.24, 2.45) is 0 Å². The molecular formula is C13H14N2O2. The number of hydrogen-bond acceptors (Lipinski definition) is 3. The molecular weight excluding hydrogens is 216 g/mol. The highest BCUT2D eigenvalue weighted by atomic mass is 16.3. The molecule has 1 aromatic carbocycles. The molecule has 0 fully saturated rings. The van der Waals surface area contributed by atoms with E-state index in [0.29, 0.717) is 17.0 Å². The Morgan fingerprint density at radius 3 is 2.65 bits per heavy atom. The maximum atomic E-state index is 11.9. The van der Waals surface area contributed by atoms with Crippen molar-refractivity contribution in [3.05, 3.63) is 47.4 Å². The molecule has 1 heterocycles. The van der Waals surface area contributed by atoms with Gasteiger partial charge in [-0.2, -0.15) is 0 Å². The molecule has 88 valence electrons. The molecule has 2 aromatic rings. The summed E-state index contributed by atoms with van der Waals surface area (Å²) in [5, 5.41) is 2.81. The molecule has 4 nitrogen and oxygen atoms in total. The Kier molecular flexibility index (Phi) is 2.87. The Morgan fingerprint density at radius 2 is 2.06 bits per heavy atom. The van der Waals surface area contributed by atoms with Crippen LogP contribution in [-0.4, -0.2) is 5.91 Å². The first-order chi connectivity index (χ1) is 8.06. The molecule has 0 bridgehead atoms. The summed E-state index contributed by atoms with van der Waals surface area (Å²) in [5.74, 6) is 0.527. The lowest BCUT2D eigenvalue weighted by molar-refractivity contribution is 0.102. The lowest BCUT2D eigenvalue weighted by Gasteiger charge is -2.07. The van der Waals surface area contributed by atoms with Gasteiger partial charge in [-0.15, -0.1) is 0 Å². The Balaban J connectivity index is 2.18. The van der Waals surface area contributed by atoms with E-state index < -0.39 is 0 Å². The summed E-state index contributed by atoms with van der Waals surface area (Å²) < 4.78 is 5.09. The van der Waals surface area contributed by atoms with Crippen LogP contribution in [0.1, 0.15) is 21.7 Å². The van der Waals surface area contributed by atoms with Gasteiger partial charge >= 0.3 is 0 Å². The highest BCUT2D eigenvalue weighted by Crippen LogP contribution is 2.18. The molecule has 0 saturated heterocycles. The third-order valence-corrected chi connectivity index (χ3v) is 2.49. The SMILES string of the molecule is Cc1cc(C(=O)Nc2ccc(N)cc2C)co1. The standard InChI is InChI=1S/C13H14N2O2/c1-8-5-11(14)3-4-12(8)15-13(16)10-6-9(2)17-7-10/h3-7H,14H2,1-2H3,(H,15,16). The smallest absolute Gasteiger partial charge is 0.258 e. The molecule has 0 aliphatic heterocycles. The minimum Gasteiger partial charge on any atom is -0.469 e. The molecule has 0 radical (unpaired) electrons. The van der Waals surface area contributed by atoms with Gasteiger partial charge in [0.2, 0.25) is 0 Å². The van der Waals surface area contributed by atoms with Crippen LogP contribution in [0.2, 0.25) is 0 Å². The average molecular weight is 230 g/mol. The van der Waals surface area contributed by atoms with Crippen molar-refractivity contribution in [3.8, 4) is 0 Å². The van der Waals surface area contributed by atoms with Gasteiger partial charge in [0.05, 0.1) is 5.56 Å². The van der Waals surface area contributed by atoms with Crippen molar-refractivity contribution in [2.75, 3.05) is 11.1 Å². The summed E-state index contributed by atoms with van der Waals surface area (Å²) in [6, 6.07) is 7.05. The first-order valence-corrected chi connectivity index (χ1v) is 5.29. The Bertz CT molecular complexity index is 558. The molecule has 1 aromatic heterocycles. The minimum absolute atomic E-state index is 0.185. The number of carbonyl (C=O) groups excluding carboxylic acids is 1. The van der Waals surface area contributed by atoms with Gasteiger partial charge in [0.25, 0.3) is 5.91 Å². The van der Waals surface area contributed by atoms with E-state index >= 15 is 0 Å². The van der Waals surface area contributed by atoms with Gasteiger partial charge in [-0.1, -0.05) is 0 Å². The van der Waals surface area contributed by atoms with Gasteiger partial charge in [0, 0.05) is 11.4 Å². The molecule has 0 unspecified atom stereocenters.